The van der Waals surface area contributed by atoms with Crippen LogP contribution in [0.4, 0.5) is 0 Å². The molecule has 0 radical (unpaired) electrons. The molecular formula is C28H27NO5. The van der Waals surface area contributed by atoms with E-state index >= 15 is 0 Å². The van der Waals surface area contributed by atoms with E-state index in [4.69, 9.17) is 14.2 Å². The number of pyridine rings is 1. The van der Waals surface area contributed by atoms with E-state index in [1.54, 1.807) is 30.5 Å². The second-order valence-corrected chi connectivity index (χ2v) is 7.70. The number of rotatable bonds is 8. The quantitative estimate of drug-likeness (QED) is 0.185. The van der Waals surface area contributed by atoms with E-state index in [9.17, 15) is 9.59 Å². The van der Waals surface area contributed by atoms with Crippen LogP contribution in [0, 0.1) is 0 Å². The predicted octanol–water partition coefficient (Wildman–Crippen LogP) is 5.78. The number of carbonyl (C=O) groups excluding carboxylic acids is 2. The molecule has 0 unspecified atom stereocenters. The maximum absolute atomic E-state index is 13.0. The fourth-order valence-corrected chi connectivity index (χ4v) is 3.32. The molecule has 1 aromatic heterocycles. The Labute approximate surface area is 199 Å². The van der Waals surface area contributed by atoms with Gasteiger partial charge in [0.25, 0.3) is 0 Å². The van der Waals surface area contributed by atoms with Crippen LogP contribution in [-0.4, -0.2) is 31.1 Å². The van der Waals surface area contributed by atoms with Gasteiger partial charge >= 0.3 is 11.9 Å². The standard InChI is InChI=1S/C28H27NO5/c1-19(2)12-15-23-24(32-3)17-21(14-13-20-9-6-5-7-10-20)25(28(31)33-4)26(23)34-27(30)22-11-8-16-29-18-22/h5-14,16-18H,15H2,1-4H3/b14-13+. The molecule has 0 saturated heterocycles. The van der Waals surface area contributed by atoms with Crippen molar-refractivity contribution in [3.8, 4) is 11.5 Å². The number of ether oxygens (including phenoxy) is 3. The van der Waals surface area contributed by atoms with Crippen molar-refractivity contribution in [1.29, 1.82) is 0 Å². The molecule has 0 spiro atoms. The predicted molar refractivity (Wildman–Crippen MR) is 132 cm³/mol. The molecule has 0 aliphatic rings. The number of esters is 2. The first-order chi connectivity index (χ1) is 16.4. The summed E-state index contributed by atoms with van der Waals surface area (Å²) in [7, 11) is 2.83. The Hall–Kier alpha value is -4.19. The van der Waals surface area contributed by atoms with Gasteiger partial charge in [-0.25, -0.2) is 9.59 Å². The molecule has 1 heterocycles. The number of nitrogens with zero attached hydrogens (tertiary/aromatic N) is 1. The number of methoxy groups -OCH3 is 2. The van der Waals surface area contributed by atoms with Gasteiger partial charge in [0.15, 0.2) is 5.75 Å². The summed E-state index contributed by atoms with van der Waals surface area (Å²) in [6.45, 7) is 3.93. The second-order valence-electron chi connectivity index (χ2n) is 7.70. The highest BCUT2D eigenvalue weighted by Gasteiger charge is 2.26. The first kappa shape index (κ1) is 24.5. The lowest BCUT2D eigenvalue weighted by Gasteiger charge is -2.19. The van der Waals surface area contributed by atoms with Crippen LogP contribution in [0.15, 0.2) is 72.6 Å². The molecule has 0 aliphatic carbocycles. The third-order valence-electron chi connectivity index (χ3n) is 5.04. The van der Waals surface area contributed by atoms with Crippen molar-refractivity contribution in [2.75, 3.05) is 14.2 Å². The van der Waals surface area contributed by atoms with E-state index in [-0.39, 0.29) is 16.9 Å². The molecule has 0 aliphatic heterocycles. The molecule has 6 heteroatoms. The van der Waals surface area contributed by atoms with Crippen molar-refractivity contribution >= 4 is 24.1 Å². The van der Waals surface area contributed by atoms with Gasteiger partial charge in [0.2, 0.25) is 0 Å². The van der Waals surface area contributed by atoms with Gasteiger partial charge < -0.3 is 14.2 Å². The number of allylic oxidation sites excluding steroid dienone is 2. The highest BCUT2D eigenvalue weighted by atomic mass is 16.5. The molecule has 6 nitrogen and oxygen atoms in total. The SMILES string of the molecule is COC(=O)c1c(/C=C/c2ccccc2)cc(OC)c(CC=C(C)C)c1OC(=O)c1cccnc1. The van der Waals surface area contributed by atoms with Crippen LogP contribution in [0.25, 0.3) is 12.2 Å². The first-order valence-corrected chi connectivity index (χ1v) is 10.8. The number of aromatic nitrogens is 1. The molecule has 0 fully saturated rings. The molecule has 0 N–H and O–H groups in total. The zero-order valence-electron chi connectivity index (χ0n) is 19.7. The summed E-state index contributed by atoms with van der Waals surface area (Å²) < 4.78 is 16.6. The van der Waals surface area contributed by atoms with Crippen LogP contribution in [0.2, 0.25) is 0 Å². The summed E-state index contributed by atoms with van der Waals surface area (Å²) in [6.07, 6.45) is 8.98. The second kappa shape index (κ2) is 11.6. The summed E-state index contributed by atoms with van der Waals surface area (Å²) in [5.41, 5.74) is 3.49. The maximum atomic E-state index is 13.0. The van der Waals surface area contributed by atoms with Crippen LogP contribution in [0.1, 0.15) is 51.3 Å². The summed E-state index contributed by atoms with van der Waals surface area (Å²) in [6, 6.07) is 14.6. The van der Waals surface area contributed by atoms with Gasteiger partial charge in [0, 0.05) is 18.0 Å². The van der Waals surface area contributed by atoms with Gasteiger partial charge in [-0.1, -0.05) is 54.1 Å². The van der Waals surface area contributed by atoms with Gasteiger partial charge in [-0.15, -0.1) is 0 Å². The zero-order chi connectivity index (χ0) is 24.5. The molecule has 2 aromatic carbocycles. The van der Waals surface area contributed by atoms with Gasteiger partial charge in [-0.3, -0.25) is 4.98 Å². The number of carbonyl (C=O) groups is 2. The van der Waals surface area contributed by atoms with Crippen molar-refractivity contribution in [2.24, 2.45) is 0 Å². The summed E-state index contributed by atoms with van der Waals surface area (Å²) >= 11 is 0. The lowest BCUT2D eigenvalue weighted by molar-refractivity contribution is 0.0592. The molecule has 3 rings (SSSR count). The molecule has 3 aromatic rings. The van der Waals surface area contributed by atoms with E-state index in [2.05, 4.69) is 4.98 Å². The van der Waals surface area contributed by atoms with Crippen molar-refractivity contribution in [3.05, 3.63) is 100 Å². The van der Waals surface area contributed by atoms with Crippen molar-refractivity contribution in [1.82, 2.24) is 4.98 Å². The molecular weight excluding hydrogens is 430 g/mol. The fraction of sp³-hybridized carbons (Fsp3) is 0.179. The average Bonchev–Trinajstić information content (AvgIpc) is 2.86. The van der Waals surface area contributed by atoms with Gasteiger partial charge in [-0.2, -0.15) is 0 Å². The Balaban J connectivity index is 2.23. The lowest BCUT2D eigenvalue weighted by atomic mass is 9.97. The maximum Gasteiger partial charge on any atom is 0.345 e. The smallest absolute Gasteiger partial charge is 0.345 e. The molecule has 0 saturated carbocycles. The van der Waals surface area contributed by atoms with Crippen molar-refractivity contribution in [3.63, 3.8) is 0 Å². The molecule has 0 amide bonds. The third-order valence-corrected chi connectivity index (χ3v) is 5.04. The lowest BCUT2D eigenvalue weighted by Crippen LogP contribution is -2.16. The Kier molecular flexibility index (Phi) is 8.35. The fourth-order valence-electron chi connectivity index (χ4n) is 3.32. The van der Waals surface area contributed by atoms with E-state index in [1.807, 2.05) is 56.3 Å². The van der Waals surface area contributed by atoms with Crippen LogP contribution in [0.3, 0.4) is 0 Å². The highest BCUT2D eigenvalue weighted by Crippen LogP contribution is 2.38. The topological polar surface area (TPSA) is 74.7 Å². The summed E-state index contributed by atoms with van der Waals surface area (Å²) in [5.74, 6) is -0.664. The molecule has 0 bridgehead atoms. The van der Waals surface area contributed by atoms with Crippen molar-refractivity contribution < 1.29 is 23.8 Å². The minimum Gasteiger partial charge on any atom is -0.496 e. The summed E-state index contributed by atoms with van der Waals surface area (Å²) in [4.78, 5) is 29.9. The van der Waals surface area contributed by atoms with E-state index in [1.165, 1.54) is 20.4 Å². The van der Waals surface area contributed by atoms with Crippen LogP contribution >= 0.6 is 0 Å². The van der Waals surface area contributed by atoms with Crippen LogP contribution < -0.4 is 9.47 Å². The summed E-state index contributed by atoms with van der Waals surface area (Å²) in [5, 5.41) is 0. The Morgan fingerprint density at radius 1 is 0.971 bits per heavy atom. The molecule has 34 heavy (non-hydrogen) atoms. The monoisotopic (exact) mass is 457 g/mol. The van der Waals surface area contributed by atoms with Crippen LogP contribution in [0.5, 0.6) is 11.5 Å². The van der Waals surface area contributed by atoms with Crippen molar-refractivity contribution in [2.45, 2.75) is 20.3 Å². The first-order valence-electron chi connectivity index (χ1n) is 10.8. The molecule has 0 atom stereocenters. The Morgan fingerprint density at radius 2 is 1.74 bits per heavy atom. The van der Waals surface area contributed by atoms with Crippen LogP contribution in [-0.2, 0) is 11.2 Å². The Bertz CT molecular complexity index is 1210. The van der Waals surface area contributed by atoms with E-state index < -0.39 is 11.9 Å². The number of hydrogen-bond acceptors (Lipinski definition) is 6. The van der Waals surface area contributed by atoms with Gasteiger partial charge in [0.1, 0.15) is 11.3 Å². The Morgan fingerprint density at radius 3 is 2.35 bits per heavy atom. The number of benzene rings is 2. The molecule has 174 valence electrons. The zero-order valence-corrected chi connectivity index (χ0v) is 19.7. The number of hydrogen-bond donors (Lipinski definition) is 0. The minimum atomic E-state index is -0.636. The average molecular weight is 458 g/mol. The largest absolute Gasteiger partial charge is 0.496 e. The van der Waals surface area contributed by atoms with Gasteiger partial charge in [0.05, 0.1) is 19.8 Å². The third kappa shape index (κ3) is 5.98. The minimum absolute atomic E-state index is 0.102. The highest BCUT2D eigenvalue weighted by molar-refractivity contribution is 6.01. The van der Waals surface area contributed by atoms with E-state index in [0.29, 0.717) is 23.3 Å². The van der Waals surface area contributed by atoms with Gasteiger partial charge in [-0.05, 0) is 49.6 Å². The van der Waals surface area contributed by atoms with E-state index in [0.717, 1.165) is 11.1 Å². The normalized spacial score (nSPS) is 10.6.